The molecule has 5 nitrogen and oxygen atoms in total. The minimum absolute atomic E-state index is 0.185. The zero-order valence-electron chi connectivity index (χ0n) is 14.8. The topological polar surface area (TPSA) is 59.6 Å². The van der Waals surface area contributed by atoms with Crippen molar-refractivity contribution in [2.75, 3.05) is 19.5 Å². The van der Waals surface area contributed by atoms with Crippen LogP contribution in [0.1, 0.15) is 35.7 Å². The summed E-state index contributed by atoms with van der Waals surface area (Å²) in [5.74, 6) is 1.40. The van der Waals surface area contributed by atoms with E-state index in [1.165, 1.54) is 5.56 Å². The highest BCUT2D eigenvalue weighted by atomic mass is 32.1. The Morgan fingerprint density at radius 1 is 1.04 bits per heavy atom. The van der Waals surface area contributed by atoms with Gasteiger partial charge in [-0.2, -0.15) is 0 Å². The Labute approximate surface area is 153 Å². The zero-order valence-corrected chi connectivity index (χ0v) is 15.6. The number of rotatable bonds is 5. The van der Waals surface area contributed by atoms with E-state index in [-0.39, 0.29) is 11.0 Å². The molecule has 0 bridgehead atoms. The minimum atomic E-state index is -0.269. The number of nitrogens with one attached hydrogen (secondary N) is 2. The molecule has 0 fully saturated rings. The molecule has 0 heterocycles. The summed E-state index contributed by atoms with van der Waals surface area (Å²) in [6, 6.07) is 12.8. The van der Waals surface area contributed by atoms with Crippen molar-refractivity contribution in [3.05, 3.63) is 53.6 Å². The molecule has 25 heavy (non-hydrogen) atoms. The molecule has 0 aliphatic carbocycles. The monoisotopic (exact) mass is 358 g/mol. The van der Waals surface area contributed by atoms with Crippen LogP contribution in [0, 0.1) is 0 Å². The van der Waals surface area contributed by atoms with Crippen LogP contribution in [-0.2, 0) is 0 Å². The number of anilines is 1. The summed E-state index contributed by atoms with van der Waals surface area (Å²) < 4.78 is 10.5. The lowest BCUT2D eigenvalue weighted by Gasteiger charge is -2.14. The molecule has 0 radical (unpaired) electrons. The molecular weight excluding hydrogens is 336 g/mol. The molecule has 0 saturated heterocycles. The van der Waals surface area contributed by atoms with Gasteiger partial charge in [0.1, 0.15) is 11.5 Å². The molecule has 0 atom stereocenters. The van der Waals surface area contributed by atoms with Crippen LogP contribution in [0.2, 0.25) is 0 Å². The van der Waals surface area contributed by atoms with Crippen LogP contribution >= 0.6 is 12.2 Å². The molecule has 1 amide bonds. The highest BCUT2D eigenvalue weighted by Crippen LogP contribution is 2.28. The van der Waals surface area contributed by atoms with E-state index < -0.39 is 0 Å². The number of carbonyl (C=O) groups excluding carboxylic acids is 1. The summed E-state index contributed by atoms with van der Waals surface area (Å²) in [6.07, 6.45) is 0. The summed E-state index contributed by atoms with van der Waals surface area (Å²) in [4.78, 5) is 12.3. The molecular formula is C19H22N2O3S. The third kappa shape index (κ3) is 4.93. The van der Waals surface area contributed by atoms with E-state index in [1.54, 1.807) is 44.6 Å². The normalized spacial score (nSPS) is 10.3. The molecule has 0 aromatic heterocycles. The van der Waals surface area contributed by atoms with Gasteiger partial charge in [0.2, 0.25) is 0 Å². The molecule has 2 rings (SSSR count). The Morgan fingerprint density at radius 3 is 2.28 bits per heavy atom. The van der Waals surface area contributed by atoms with E-state index in [9.17, 15) is 4.79 Å². The fourth-order valence-electron chi connectivity index (χ4n) is 2.26. The Bertz CT molecular complexity index is 758. The predicted molar refractivity (Wildman–Crippen MR) is 104 cm³/mol. The molecule has 0 spiro atoms. The first-order chi connectivity index (χ1) is 11.9. The molecule has 0 unspecified atom stereocenters. The van der Waals surface area contributed by atoms with Crippen LogP contribution in [0.3, 0.4) is 0 Å². The Hall–Kier alpha value is -2.60. The number of benzene rings is 2. The van der Waals surface area contributed by atoms with Gasteiger partial charge in [0.05, 0.1) is 19.9 Å². The average Bonchev–Trinajstić information content (AvgIpc) is 2.61. The lowest BCUT2D eigenvalue weighted by atomic mass is 10.0. The van der Waals surface area contributed by atoms with Crippen LogP contribution in [0.5, 0.6) is 11.5 Å². The van der Waals surface area contributed by atoms with E-state index in [2.05, 4.69) is 24.5 Å². The fraction of sp³-hybridized carbons (Fsp3) is 0.263. The maximum absolute atomic E-state index is 12.3. The van der Waals surface area contributed by atoms with Gasteiger partial charge < -0.3 is 14.8 Å². The van der Waals surface area contributed by atoms with Gasteiger partial charge in [-0.3, -0.25) is 10.1 Å². The van der Waals surface area contributed by atoms with E-state index in [0.717, 1.165) is 0 Å². The first-order valence-electron chi connectivity index (χ1n) is 7.89. The van der Waals surface area contributed by atoms with Gasteiger partial charge >= 0.3 is 0 Å². The van der Waals surface area contributed by atoms with Crippen molar-refractivity contribution in [2.45, 2.75) is 19.8 Å². The van der Waals surface area contributed by atoms with Gasteiger partial charge in [-0.05, 0) is 48.0 Å². The van der Waals surface area contributed by atoms with Gasteiger partial charge in [0, 0.05) is 11.6 Å². The van der Waals surface area contributed by atoms with E-state index in [0.29, 0.717) is 28.7 Å². The Morgan fingerprint density at radius 2 is 1.72 bits per heavy atom. The maximum atomic E-state index is 12.3. The van der Waals surface area contributed by atoms with Gasteiger partial charge in [-0.25, -0.2) is 0 Å². The second kappa shape index (κ2) is 8.48. The van der Waals surface area contributed by atoms with Crippen LogP contribution in [0.15, 0.2) is 42.5 Å². The lowest BCUT2D eigenvalue weighted by Crippen LogP contribution is -2.34. The number of amides is 1. The standard InChI is InChI=1S/C19H22N2O3S/c1-12(2)13-5-7-14(8-6-13)18(22)21-19(25)20-16-11-15(23-3)9-10-17(16)24-4/h5-12H,1-4H3,(H2,20,21,22,25). The third-order valence-corrected chi connectivity index (χ3v) is 3.93. The highest BCUT2D eigenvalue weighted by Gasteiger charge is 2.11. The van der Waals surface area contributed by atoms with Crippen LogP contribution in [-0.4, -0.2) is 25.2 Å². The minimum Gasteiger partial charge on any atom is -0.497 e. The van der Waals surface area contributed by atoms with Gasteiger partial charge in [-0.15, -0.1) is 0 Å². The molecule has 6 heteroatoms. The summed E-state index contributed by atoms with van der Waals surface area (Å²) >= 11 is 5.23. The SMILES string of the molecule is COc1ccc(OC)c(NC(=S)NC(=O)c2ccc(C(C)C)cc2)c1. The smallest absolute Gasteiger partial charge is 0.257 e. The van der Waals surface area contributed by atoms with Gasteiger partial charge in [-0.1, -0.05) is 26.0 Å². The molecule has 2 aromatic rings. The number of hydrogen-bond acceptors (Lipinski definition) is 4. The number of hydrogen-bond donors (Lipinski definition) is 2. The summed E-state index contributed by atoms with van der Waals surface area (Å²) in [7, 11) is 3.14. The van der Waals surface area contributed by atoms with Crippen molar-refractivity contribution in [3.63, 3.8) is 0 Å². The van der Waals surface area contributed by atoms with E-state index in [1.807, 2.05) is 12.1 Å². The first-order valence-corrected chi connectivity index (χ1v) is 8.29. The summed E-state index contributed by atoms with van der Waals surface area (Å²) in [6.45, 7) is 4.21. The molecule has 132 valence electrons. The van der Waals surface area contributed by atoms with Crippen molar-refractivity contribution in [2.24, 2.45) is 0 Å². The largest absolute Gasteiger partial charge is 0.497 e. The maximum Gasteiger partial charge on any atom is 0.257 e. The number of methoxy groups -OCH3 is 2. The second-order valence-corrected chi connectivity index (χ2v) is 6.16. The van der Waals surface area contributed by atoms with Crippen LogP contribution < -0.4 is 20.1 Å². The Balaban J connectivity index is 2.05. The van der Waals surface area contributed by atoms with E-state index in [4.69, 9.17) is 21.7 Å². The molecule has 0 aliphatic heterocycles. The molecule has 2 aromatic carbocycles. The molecule has 2 N–H and O–H groups in total. The average molecular weight is 358 g/mol. The van der Waals surface area contributed by atoms with Crippen molar-refractivity contribution in [1.82, 2.24) is 5.32 Å². The van der Waals surface area contributed by atoms with Crippen molar-refractivity contribution in [1.29, 1.82) is 0 Å². The number of carbonyl (C=O) groups is 1. The second-order valence-electron chi connectivity index (χ2n) is 5.75. The third-order valence-electron chi connectivity index (χ3n) is 3.72. The molecule has 0 aliphatic rings. The predicted octanol–water partition coefficient (Wildman–Crippen LogP) is 3.95. The highest BCUT2D eigenvalue weighted by molar-refractivity contribution is 7.80. The zero-order chi connectivity index (χ0) is 18.4. The Kier molecular flexibility index (Phi) is 6.36. The quantitative estimate of drug-likeness (QED) is 0.793. The fourth-order valence-corrected chi connectivity index (χ4v) is 2.46. The van der Waals surface area contributed by atoms with Crippen molar-refractivity contribution >= 4 is 28.9 Å². The number of ether oxygens (including phenoxy) is 2. The van der Waals surface area contributed by atoms with Crippen molar-refractivity contribution in [3.8, 4) is 11.5 Å². The van der Waals surface area contributed by atoms with Crippen LogP contribution in [0.25, 0.3) is 0 Å². The van der Waals surface area contributed by atoms with E-state index >= 15 is 0 Å². The lowest BCUT2D eigenvalue weighted by molar-refractivity contribution is 0.0977. The summed E-state index contributed by atoms with van der Waals surface area (Å²) in [5.41, 5.74) is 2.34. The van der Waals surface area contributed by atoms with Gasteiger partial charge in [0.15, 0.2) is 5.11 Å². The van der Waals surface area contributed by atoms with Crippen molar-refractivity contribution < 1.29 is 14.3 Å². The first kappa shape index (κ1) is 18.7. The summed E-state index contributed by atoms with van der Waals surface area (Å²) in [5, 5.41) is 5.81. The van der Waals surface area contributed by atoms with Gasteiger partial charge in [0.25, 0.3) is 5.91 Å². The molecule has 0 saturated carbocycles. The number of thiocarbonyl (C=S) groups is 1. The van der Waals surface area contributed by atoms with Crippen LogP contribution in [0.4, 0.5) is 5.69 Å².